The van der Waals surface area contributed by atoms with E-state index >= 15 is 0 Å². The first-order valence-electron chi connectivity index (χ1n) is 11.3. The number of anilines is 1. The van der Waals surface area contributed by atoms with Crippen LogP contribution in [0.25, 0.3) is 11.1 Å². The van der Waals surface area contributed by atoms with Crippen molar-refractivity contribution >= 4 is 17.6 Å². The highest BCUT2D eigenvalue weighted by Crippen LogP contribution is 2.24. The van der Waals surface area contributed by atoms with E-state index in [1.807, 2.05) is 41.4 Å². The largest absolute Gasteiger partial charge is 0.373 e. The van der Waals surface area contributed by atoms with Gasteiger partial charge in [-0.25, -0.2) is 4.98 Å². The lowest BCUT2D eigenvalue weighted by Crippen LogP contribution is -2.59. The van der Waals surface area contributed by atoms with Gasteiger partial charge < -0.3 is 15.1 Å². The van der Waals surface area contributed by atoms with Crippen LogP contribution in [0.1, 0.15) is 29.3 Å². The molecular formula is C26H29N5O2. The normalized spacial score (nSPS) is 16.1. The van der Waals surface area contributed by atoms with Crippen molar-refractivity contribution in [3.8, 4) is 11.1 Å². The Bertz CT molecular complexity index is 1120. The van der Waals surface area contributed by atoms with Crippen LogP contribution >= 0.6 is 0 Å². The molecule has 1 fully saturated rings. The monoisotopic (exact) mass is 443 g/mol. The molecule has 2 aromatic heterocycles. The van der Waals surface area contributed by atoms with Gasteiger partial charge in [0.05, 0.1) is 0 Å². The first kappa shape index (κ1) is 22.5. The molecule has 1 atom stereocenters. The Hall–Kier alpha value is -3.74. The van der Waals surface area contributed by atoms with E-state index in [4.69, 9.17) is 0 Å². The number of carbonyl (C=O) groups is 2. The lowest BCUT2D eigenvalue weighted by atomic mass is 9.97. The third kappa shape index (κ3) is 5.03. The zero-order chi connectivity index (χ0) is 23.2. The van der Waals surface area contributed by atoms with Gasteiger partial charge in [-0.2, -0.15) is 0 Å². The second kappa shape index (κ2) is 10.3. The lowest BCUT2D eigenvalue weighted by molar-refractivity contribution is -0.140. The van der Waals surface area contributed by atoms with Crippen LogP contribution in [-0.2, 0) is 11.2 Å². The van der Waals surface area contributed by atoms with Crippen LogP contribution in [0.5, 0.6) is 0 Å². The number of pyridine rings is 2. The number of hydrogen-bond donors (Lipinski definition) is 1. The average Bonchev–Trinajstić information content (AvgIpc) is 2.87. The van der Waals surface area contributed by atoms with Crippen LogP contribution in [0.4, 0.5) is 5.82 Å². The van der Waals surface area contributed by atoms with E-state index < -0.39 is 6.04 Å². The van der Waals surface area contributed by atoms with Gasteiger partial charge in [-0.1, -0.05) is 37.3 Å². The van der Waals surface area contributed by atoms with Crippen molar-refractivity contribution in [1.29, 1.82) is 0 Å². The van der Waals surface area contributed by atoms with Crippen molar-refractivity contribution in [3.63, 3.8) is 0 Å². The molecule has 0 radical (unpaired) electrons. The quantitative estimate of drug-likeness (QED) is 0.605. The Morgan fingerprint density at radius 3 is 2.70 bits per heavy atom. The Balaban J connectivity index is 1.63. The number of piperazine rings is 1. The summed E-state index contributed by atoms with van der Waals surface area (Å²) >= 11 is 0. The fraction of sp³-hybridized carbons (Fsp3) is 0.308. The molecule has 2 amide bonds. The lowest BCUT2D eigenvalue weighted by Gasteiger charge is -2.41. The van der Waals surface area contributed by atoms with Gasteiger partial charge in [0.1, 0.15) is 11.9 Å². The molecule has 0 unspecified atom stereocenters. The maximum Gasteiger partial charge on any atom is 0.254 e. The molecule has 0 aliphatic carbocycles. The second-order valence-electron chi connectivity index (χ2n) is 8.17. The number of hydrogen-bond acceptors (Lipinski definition) is 5. The molecular weight excluding hydrogens is 414 g/mol. The van der Waals surface area contributed by atoms with Gasteiger partial charge in [-0.15, -0.1) is 0 Å². The maximum atomic E-state index is 13.5. The fourth-order valence-corrected chi connectivity index (χ4v) is 4.27. The smallest absolute Gasteiger partial charge is 0.254 e. The van der Waals surface area contributed by atoms with Crippen molar-refractivity contribution in [2.75, 3.05) is 32.0 Å². The number of aromatic nitrogens is 2. The van der Waals surface area contributed by atoms with Gasteiger partial charge in [0.25, 0.3) is 5.91 Å². The van der Waals surface area contributed by atoms with Crippen molar-refractivity contribution in [2.24, 2.45) is 0 Å². The summed E-state index contributed by atoms with van der Waals surface area (Å²) in [6.45, 7) is 3.82. The van der Waals surface area contributed by atoms with Gasteiger partial charge in [-0.3, -0.25) is 14.6 Å². The molecule has 7 heteroatoms. The summed E-state index contributed by atoms with van der Waals surface area (Å²) in [5.41, 5.74) is 3.60. The van der Waals surface area contributed by atoms with Crippen LogP contribution in [0.3, 0.4) is 0 Å². The predicted molar refractivity (Wildman–Crippen MR) is 129 cm³/mol. The average molecular weight is 444 g/mol. The summed E-state index contributed by atoms with van der Waals surface area (Å²) in [4.78, 5) is 38.9. The summed E-state index contributed by atoms with van der Waals surface area (Å²) < 4.78 is 0. The molecule has 0 spiro atoms. The third-order valence-corrected chi connectivity index (χ3v) is 5.95. The molecule has 170 valence electrons. The van der Waals surface area contributed by atoms with Crippen molar-refractivity contribution in [3.05, 3.63) is 78.2 Å². The SMILES string of the molecule is CCCN1CCN(C(=O)c2ccnc(NC)c2)[C@@H](Cc2cccc(-c3cccnc3)c2)C1=O. The van der Waals surface area contributed by atoms with E-state index in [0.29, 0.717) is 37.4 Å². The maximum absolute atomic E-state index is 13.5. The van der Waals surface area contributed by atoms with Gasteiger partial charge in [0, 0.05) is 57.3 Å². The van der Waals surface area contributed by atoms with Crippen LogP contribution in [0, 0.1) is 0 Å². The molecule has 1 aromatic carbocycles. The van der Waals surface area contributed by atoms with Crippen molar-refractivity contribution in [1.82, 2.24) is 19.8 Å². The first-order chi connectivity index (χ1) is 16.1. The molecule has 1 N–H and O–H groups in total. The summed E-state index contributed by atoms with van der Waals surface area (Å²) in [6.07, 6.45) is 6.53. The molecule has 3 aromatic rings. The van der Waals surface area contributed by atoms with E-state index in [1.54, 1.807) is 36.5 Å². The van der Waals surface area contributed by atoms with Gasteiger partial charge >= 0.3 is 0 Å². The second-order valence-corrected chi connectivity index (χ2v) is 8.17. The van der Waals surface area contributed by atoms with E-state index in [-0.39, 0.29) is 11.8 Å². The molecule has 0 bridgehead atoms. The highest BCUT2D eigenvalue weighted by Gasteiger charge is 2.37. The Morgan fingerprint density at radius 2 is 1.94 bits per heavy atom. The standard InChI is InChI=1S/C26H29N5O2/c1-3-12-30-13-14-31(25(32)21-9-11-29-24(17-21)27-2)23(26(30)33)16-19-6-4-7-20(15-19)22-8-5-10-28-18-22/h4-11,15,17-18,23H,3,12-14,16H2,1-2H3,(H,27,29)/t23-/m0/s1. The number of nitrogens with zero attached hydrogens (tertiary/aromatic N) is 4. The zero-order valence-electron chi connectivity index (χ0n) is 19.1. The van der Waals surface area contributed by atoms with Crippen LogP contribution < -0.4 is 5.32 Å². The van der Waals surface area contributed by atoms with E-state index in [9.17, 15) is 9.59 Å². The van der Waals surface area contributed by atoms with Crippen LogP contribution in [0.2, 0.25) is 0 Å². The van der Waals surface area contributed by atoms with Gasteiger partial charge in [-0.05, 0) is 41.3 Å². The summed E-state index contributed by atoms with van der Waals surface area (Å²) in [6, 6.07) is 14.9. The topological polar surface area (TPSA) is 78.4 Å². The highest BCUT2D eigenvalue weighted by molar-refractivity contribution is 5.98. The Kier molecular flexibility index (Phi) is 6.98. The van der Waals surface area contributed by atoms with Gasteiger partial charge in [0.2, 0.25) is 5.91 Å². The molecule has 33 heavy (non-hydrogen) atoms. The summed E-state index contributed by atoms with van der Waals surface area (Å²) in [5, 5.41) is 2.97. The van der Waals surface area contributed by atoms with Crippen molar-refractivity contribution in [2.45, 2.75) is 25.8 Å². The van der Waals surface area contributed by atoms with Crippen molar-refractivity contribution < 1.29 is 9.59 Å². The molecule has 3 heterocycles. The number of rotatable bonds is 7. The molecule has 7 nitrogen and oxygen atoms in total. The van der Waals surface area contributed by atoms with E-state index in [0.717, 1.165) is 23.1 Å². The molecule has 1 saturated heterocycles. The predicted octanol–water partition coefficient (Wildman–Crippen LogP) is 3.49. The Morgan fingerprint density at radius 1 is 1.09 bits per heavy atom. The number of amides is 2. The number of nitrogens with one attached hydrogen (secondary N) is 1. The minimum Gasteiger partial charge on any atom is -0.373 e. The third-order valence-electron chi connectivity index (χ3n) is 5.95. The summed E-state index contributed by atoms with van der Waals surface area (Å²) in [7, 11) is 1.77. The number of carbonyl (C=O) groups excluding carboxylic acids is 2. The molecule has 4 rings (SSSR count). The number of benzene rings is 1. The highest BCUT2D eigenvalue weighted by atomic mass is 16.2. The molecule has 1 aliphatic heterocycles. The minimum absolute atomic E-state index is 0.00567. The fourth-order valence-electron chi connectivity index (χ4n) is 4.27. The molecule has 1 aliphatic rings. The molecule has 0 saturated carbocycles. The van der Waals surface area contributed by atoms with Crippen LogP contribution in [-0.4, -0.2) is 64.3 Å². The van der Waals surface area contributed by atoms with E-state index in [2.05, 4.69) is 28.3 Å². The summed E-state index contributed by atoms with van der Waals surface area (Å²) in [5.74, 6) is 0.482. The first-order valence-corrected chi connectivity index (χ1v) is 11.3. The minimum atomic E-state index is -0.548. The van der Waals surface area contributed by atoms with Gasteiger partial charge in [0.15, 0.2) is 0 Å². The van der Waals surface area contributed by atoms with Crippen LogP contribution in [0.15, 0.2) is 67.1 Å². The Labute approximate surface area is 194 Å². The van der Waals surface area contributed by atoms with E-state index in [1.165, 1.54) is 0 Å². The zero-order valence-corrected chi connectivity index (χ0v) is 19.1.